The van der Waals surface area contributed by atoms with E-state index in [-0.39, 0.29) is 12.5 Å². The number of carbonyl (C=O) groups is 2. The number of piperidine rings is 1. The van der Waals surface area contributed by atoms with Crippen molar-refractivity contribution in [1.29, 1.82) is 0 Å². The van der Waals surface area contributed by atoms with Gasteiger partial charge in [0, 0.05) is 32.0 Å². The van der Waals surface area contributed by atoms with Gasteiger partial charge in [0.05, 0.1) is 0 Å². The molecule has 1 saturated heterocycles. The molecular weight excluding hydrogens is 292 g/mol. The minimum absolute atomic E-state index is 0.0785. The van der Waals surface area contributed by atoms with E-state index in [0.29, 0.717) is 18.9 Å². The molecule has 0 bridgehead atoms. The fraction of sp³-hybridized carbons (Fsp3) is 0.556. The van der Waals surface area contributed by atoms with Crippen molar-refractivity contribution in [2.75, 3.05) is 19.6 Å². The highest BCUT2D eigenvalue weighted by Crippen LogP contribution is 2.27. The number of aryl methyl sites for hydroxylation is 1. The summed E-state index contributed by atoms with van der Waals surface area (Å²) in [6, 6.07) is 8.61. The van der Waals surface area contributed by atoms with E-state index in [9.17, 15) is 9.59 Å². The van der Waals surface area contributed by atoms with Gasteiger partial charge >= 0.3 is 12.0 Å². The molecule has 2 amide bonds. The van der Waals surface area contributed by atoms with Crippen molar-refractivity contribution in [3.63, 3.8) is 0 Å². The van der Waals surface area contributed by atoms with Crippen LogP contribution in [0.4, 0.5) is 4.79 Å². The van der Waals surface area contributed by atoms with Crippen LogP contribution in [0.2, 0.25) is 0 Å². The second kappa shape index (κ2) is 8.56. The summed E-state index contributed by atoms with van der Waals surface area (Å²) in [5, 5.41) is 11.4. The summed E-state index contributed by atoms with van der Waals surface area (Å²) in [5.74, 6) is -0.438. The standard InChI is InChI=1S/C18H26N2O3/c1-2-14-7-9-15(10-8-14)16-5-4-12-20(13-16)18(23)19-11-3-6-17(21)22/h7-10,16H,2-6,11-13H2,1H3,(H,19,23)(H,21,22). The van der Waals surface area contributed by atoms with E-state index in [0.717, 1.165) is 32.4 Å². The lowest BCUT2D eigenvalue weighted by Crippen LogP contribution is -2.45. The van der Waals surface area contributed by atoms with Crippen LogP contribution in [0.3, 0.4) is 0 Å². The number of rotatable bonds is 6. The molecule has 23 heavy (non-hydrogen) atoms. The molecule has 1 aromatic rings. The van der Waals surface area contributed by atoms with Gasteiger partial charge in [0.15, 0.2) is 0 Å². The summed E-state index contributed by atoms with van der Waals surface area (Å²) < 4.78 is 0. The van der Waals surface area contributed by atoms with Crippen LogP contribution in [0.15, 0.2) is 24.3 Å². The number of carboxylic acids is 1. The molecule has 5 nitrogen and oxygen atoms in total. The smallest absolute Gasteiger partial charge is 0.317 e. The Bertz CT molecular complexity index is 528. The molecule has 5 heteroatoms. The lowest BCUT2D eigenvalue weighted by atomic mass is 9.90. The number of hydrogen-bond donors (Lipinski definition) is 2. The average molecular weight is 318 g/mol. The number of aliphatic carboxylic acids is 1. The Morgan fingerprint density at radius 3 is 2.70 bits per heavy atom. The van der Waals surface area contributed by atoms with Crippen LogP contribution >= 0.6 is 0 Å². The highest BCUT2D eigenvalue weighted by Gasteiger charge is 2.24. The minimum atomic E-state index is -0.826. The van der Waals surface area contributed by atoms with E-state index in [1.165, 1.54) is 11.1 Å². The van der Waals surface area contributed by atoms with Crippen LogP contribution in [0.5, 0.6) is 0 Å². The first-order chi connectivity index (χ1) is 11.1. The van der Waals surface area contributed by atoms with Gasteiger partial charge in [0.1, 0.15) is 0 Å². The Morgan fingerprint density at radius 2 is 2.04 bits per heavy atom. The Balaban J connectivity index is 1.84. The quantitative estimate of drug-likeness (QED) is 0.792. The molecule has 0 spiro atoms. The third kappa shape index (κ3) is 5.27. The fourth-order valence-electron chi connectivity index (χ4n) is 3.01. The Kier molecular flexibility index (Phi) is 6.44. The lowest BCUT2D eigenvalue weighted by molar-refractivity contribution is -0.137. The number of carboxylic acid groups (broad SMARTS) is 1. The zero-order valence-electron chi connectivity index (χ0n) is 13.8. The largest absolute Gasteiger partial charge is 0.481 e. The molecule has 2 N–H and O–H groups in total. The summed E-state index contributed by atoms with van der Waals surface area (Å²) >= 11 is 0. The molecule has 126 valence electrons. The summed E-state index contributed by atoms with van der Waals surface area (Å²) in [6.45, 7) is 4.06. The van der Waals surface area contributed by atoms with Crippen molar-refractivity contribution in [1.82, 2.24) is 10.2 Å². The van der Waals surface area contributed by atoms with Gasteiger partial charge in [-0.2, -0.15) is 0 Å². The van der Waals surface area contributed by atoms with Gasteiger partial charge in [-0.05, 0) is 36.8 Å². The number of carbonyl (C=O) groups excluding carboxylic acids is 1. The molecule has 1 unspecified atom stereocenters. The SMILES string of the molecule is CCc1ccc(C2CCCN(C(=O)NCCCC(=O)O)C2)cc1. The molecule has 0 aliphatic carbocycles. The van der Waals surface area contributed by atoms with Gasteiger partial charge in [-0.1, -0.05) is 31.2 Å². The van der Waals surface area contributed by atoms with E-state index in [1.54, 1.807) is 0 Å². The van der Waals surface area contributed by atoms with E-state index < -0.39 is 5.97 Å². The second-order valence-electron chi connectivity index (χ2n) is 6.11. The molecule has 1 heterocycles. The highest BCUT2D eigenvalue weighted by atomic mass is 16.4. The highest BCUT2D eigenvalue weighted by molar-refractivity contribution is 5.74. The first-order valence-electron chi connectivity index (χ1n) is 8.43. The number of nitrogens with zero attached hydrogens (tertiary/aromatic N) is 1. The monoisotopic (exact) mass is 318 g/mol. The van der Waals surface area contributed by atoms with E-state index in [1.807, 2.05) is 4.90 Å². The zero-order chi connectivity index (χ0) is 16.7. The number of hydrogen-bond acceptors (Lipinski definition) is 2. The normalized spacial score (nSPS) is 17.8. The van der Waals surface area contributed by atoms with Gasteiger partial charge in [-0.25, -0.2) is 4.79 Å². The first kappa shape index (κ1) is 17.3. The summed E-state index contributed by atoms with van der Waals surface area (Å²) in [7, 11) is 0. The topological polar surface area (TPSA) is 69.6 Å². The fourth-order valence-corrected chi connectivity index (χ4v) is 3.01. The molecule has 1 aliphatic rings. The van der Waals surface area contributed by atoms with Gasteiger partial charge in [0.2, 0.25) is 0 Å². The van der Waals surface area contributed by atoms with Crippen molar-refractivity contribution in [2.24, 2.45) is 0 Å². The van der Waals surface area contributed by atoms with Gasteiger partial charge in [-0.3, -0.25) is 4.79 Å². The van der Waals surface area contributed by atoms with Crippen molar-refractivity contribution in [3.05, 3.63) is 35.4 Å². The Hall–Kier alpha value is -2.04. The van der Waals surface area contributed by atoms with Crippen LogP contribution < -0.4 is 5.32 Å². The Morgan fingerprint density at radius 1 is 1.30 bits per heavy atom. The zero-order valence-corrected chi connectivity index (χ0v) is 13.8. The summed E-state index contributed by atoms with van der Waals surface area (Å²) in [6.07, 6.45) is 3.70. The molecule has 2 rings (SSSR count). The van der Waals surface area contributed by atoms with Crippen LogP contribution in [-0.4, -0.2) is 41.6 Å². The lowest BCUT2D eigenvalue weighted by Gasteiger charge is -2.33. The predicted molar refractivity (Wildman–Crippen MR) is 89.6 cm³/mol. The molecular formula is C18H26N2O3. The maximum Gasteiger partial charge on any atom is 0.317 e. The summed E-state index contributed by atoms with van der Waals surface area (Å²) in [4.78, 5) is 24.5. The van der Waals surface area contributed by atoms with Gasteiger partial charge in [-0.15, -0.1) is 0 Å². The molecule has 1 atom stereocenters. The van der Waals surface area contributed by atoms with Crippen molar-refractivity contribution < 1.29 is 14.7 Å². The molecule has 1 aliphatic heterocycles. The van der Waals surface area contributed by atoms with Crippen molar-refractivity contribution in [2.45, 2.75) is 44.9 Å². The van der Waals surface area contributed by atoms with E-state index in [4.69, 9.17) is 5.11 Å². The van der Waals surface area contributed by atoms with Crippen LogP contribution in [0.1, 0.15) is 49.7 Å². The Labute approximate surface area is 137 Å². The van der Waals surface area contributed by atoms with Gasteiger partial charge in [0.25, 0.3) is 0 Å². The van der Waals surface area contributed by atoms with Gasteiger partial charge < -0.3 is 15.3 Å². The summed E-state index contributed by atoms with van der Waals surface area (Å²) in [5.41, 5.74) is 2.63. The number of nitrogens with one attached hydrogen (secondary N) is 1. The van der Waals surface area contributed by atoms with E-state index in [2.05, 4.69) is 36.5 Å². The number of amides is 2. The van der Waals surface area contributed by atoms with Crippen molar-refractivity contribution >= 4 is 12.0 Å². The number of urea groups is 1. The van der Waals surface area contributed by atoms with Crippen LogP contribution in [-0.2, 0) is 11.2 Å². The maximum absolute atomic E-state index is 12.2. The first-order valence-corrected chi connectivity index (χ1v) is 8.43. The average Bonchev–Trinajstić information content (AvgIpc) is 2.58. The molecule has 0 aromatic heterocycles. The predicted octanol–water partition coefficient (Wildman–Crippen LogP) is 3.00. The van der Waals surface area contributed by atoms with Crippen LogP contribution in [0.25, 0.3) is 0 Å². The molecule has 0 saturated carbocycles. The second-order valence-corrected chi connectivity index (χ2v) is 6.11. The molecule has 1 fully saturated rings. The number of likely N-dealkylation sites (tertiary alicyclic amines) is 1. The third-order valence-electron chi connectivity index (χ3n) is 4.41. The number of benzene rings is 1. The van der Waals surface area contributed by atoms with E-state index >= 15 is 0 Å². The third-order valence-corrected chi connectivity index (χ3v) is 4.41. The van der Waals surface area contributed by atoms with Crippen LogP contribution in [0, 0.1) is 0 Å². The minimum Gasteiger partial charge on any atom is -0.481 e. The molecule has 1 aromatic carbocycles. The maximum atomic E-state index is 12.2. The van der Waals surface area contributed by atoms with Crippen molar-refractivity contribution in [3.8, 4) is 0 Å². The molecule has 0 radical (unpaired) electrons.